The van der Waals surface area contributed by atoms with E-state index in [1.807, 2.05) is 18.2 Å². The van der Waals surface area contributed by atoms with Gasteiger partial charge in [0.2, 0.25) is 0 Å². The van der Waals surface area contributed by atoms with Gasteiger partial charge in [-0.2, -0.15) is 0 Å². The summed E-state index contributed by atoms with van der Waals surface area (Å²) in [6.45, 7) is 0.478. The highest BCUT2D eigenvalue weighted by Crippen LogP contribution is 2.13. The number of oxazole rings is 1. The quantitative estimate of drug-likeness (QED) is 0.369. The van der Waals surface area contributed by atoms with E-state index in [2.05, 4.69) is 15.0 Å². The summed E-state index contributed by atoms with van der Waals surface area (Å²) in [7, 11) is 0. The smallest absolute Gasteiger partial charge is 0.408 e. The summed E-state index contributed by atoms with van der Waals surface area (Å²) in [5, 5.41) is 3.45. The molecule has 0 aliphatic rings. The van der Waals surface area contributed by atoms with E-state index in [4.69, 9.17) is 9.95 Å². The van der Waals surface area contributed by atoms with Gasteiger partial charge in [-0.25, -0.2) is 4.79 Å². The molecule has 0 amide bonds. The van der Waals surface area contributed by atoms with Gasteiger partial charge in [0.15, 0.2) is 5.58 Å². The predicted octanol–water partition coefficient (Wildman–Crippen LogP) is 2.36. The van der Waals surface area contributed by atoms with E-state index in [-0.39, 0.29) is 0 Å². The average molecular weight is 218 g/mol. The van der Waals surface area contributed by atoms with E-state index in [0.29, 0.717) is 17.6 Å². The Balaban J connectivity index is 2.12. The topological polar surface area (TPSA) is 94.8 Å². The van der Waals surface area contributed by atoms with E-state index in [0.717, 1.165) is 18.4 Å². The third-order valence-corrected chi connectivity index (χ3v) is 2.27. The number of rotatable bonds is 4. The Morgan fingerprint density at radius 2 is 2.38 bits per heavy atom. The number of nitrogens with zero attached hydrogens (tertiary/aromatic N) is 3. The van der Waals surface area contributed by atoms with Gasteiger partial charge < -0.3 is 4.42 Å². The van der Waals surface area contributed by atoms with Crippen LogP contribution in [0.25, 0.3) is 21.5 Å². The van der Waals surface area contributed by atoms with Gasteiger partial charge in [0.05, 0.1) is 5.52 Å². The fourth-order valence-corrected chi connectivity index (χ4v) is 1.54. The van der Waals surface area contributed by atoms with Crippen LogP contribution in [0.15, 0.2) is 32.5 Å². The van der Waals surface area contributed by atoms with Gasteiger partial charge in [-0.3, -0.25) is 4.98 Å². The van der Waals surface area contributed by atoms with Gasteiger partial charge in [0.1, 0.15) is 0 Å². The minimum absolute atomic E-state index is 0.443. The van der Waals surface area contributed by atoms with E-state index in [9.17, 15) is 4.79 Å². The number of benzene rings is 1. The lowest BCUT2D eigenvalue weighted by Crippen LogP contribution is -1.92. The molecule has 16 heavy (non-hydrogen) atoms. The van der Waals surface area contributed by atoms with Crippen molar-refractivity contribution in [2.45, 2.75) is 12.8 Å². The largest absolute Gasteiger partial charge is 0.417 e. The van der Waals surface area contributed by atoms with Crippen LogP contribution < -0.4 is 5.76 Å². The van der Waals surface area contributed by atoms with Crippen molar-refractivity contribution < 1.29 is 4.42 Å². The molecule has 82 valence electrons. The zero-order valence-corrected chi connectivity index (χ0v) is 8.51. The van der Waals surface area contributed by atoms with Gasteiger partial charge in [-0.1, -0.05) is 11.2 Å². The monoisotopic (exact) mass is 218 g/mol. The highest BCUT2D eigenvalue weighted by Gasteiger charge is 2.01. The van der Waals surface area contributed by atoms with Crippen LogP contribution >= 0.6 is 0 Å². The lowest BCUT2D eigenvalue weighted by atomic mass is 10.1. The van der Waals surface area contributed by atoms with Gasteiger partial charge in [0.25, 0.3) is 0 Å². The third-order valence-electron chi connectivity index (χ3n) is 2.27. The van der Waals surface area contributed by atoms with Crippen molar-refractivity contribution in [2.75, 3.05) is 6.54 Å². The molecule has 0 aliphatic heterocycles. The maximum Gasteiger partial charge on any atom is 0.417 e. The Morgan fingerprint density at radius 1 is 1.50 bits per heavy atom. The van der Waals surface area contributed by atoms with Crippen LogP contribution in [0.3, 0.4) is 0 Å². The van der Waals surface area contributed by atoms with E-state index in [1.165, 1.54) is 0 Å². The lowest BCUT2D eigenvalue weighted by molar-refractivity contribution is 0.555. The molecule has 1 aromatic heterocycles. The van der Waals surface area contributed by atoms with E-state index in [1.54, 1.807) is 0 Å². The van der Waals surface area contributed by atoms with Gasteiger partial charge in [-0.15, -0.1) is 0 Å². The first-order chi connectivity index (χ1) is 7.79. The molecule has 0 unspecified atom stereocenters. The molecule has 6 heteroatoms. The van der Waals surface area contributed by atoms with Gasteiger partial charge >= 0.3 is 5.76 Å². The van der Waals surface area contributed by atoms with Crippen LogP contribution in [0.5, 0.6) is 0 Å². The molecule has 1 heterocycles. The minimum Gasteiger partial charge on any atom is -0.408 e. The molecule has 0 spiro atoms. The summed E-state index contributed by atoms with van der Waals surface area (Å²) in [4.78, 5) is 16.2. The second-order valence-corrected chi connectivity index (χ2v) is 3.40. The van der Waals surface area contributed by atoms with Crippen LogP contribution in [0.2, 0.25) is 0 Å². The number of aromatic amines is 1. The number of hydrogen-bond acceptors (Lipinski definition) is 3. The van der Waals surface area contributed by atoms with Crippen LogP contribution in [-0.4, -0.2) is 11.5 Å². The number of H-pyrrole nitrogens is 1. The number of nitrogens with one attached hydrogen (secondary N) is 1. The normalized spacial score (nSPS) is 10.2. The van der Waals surface area contributed by atoms with E-state index < -0.39 is 5.76 Å². The highest BCUT2D eigenvalue weighted by molar-refractivity contribution is 5.72. The maximum atomic E-state index is 10.9. The Morgan fingerprint density at radius 3 is 3.19 bits per heavy atom. The van der Waals surface area contributed by atoms with Crippen molar-refractivity contribution in [1.29, 1.82) is 0 Å². The van der Waals surface area contributed by atoms with Crippen molar-refractivity contribution in [1.82, 2.24) is 4.98 Å². The van der Waals surface area contributed by atoms with Crippen molar-refractivity contribution in [3.63, 3.8) is 0 Å². The Kier molecular flexibility index (Phi) is 2.93. The maximum absolute atomic E-state index is 10.9. The highest BCUT2D eigenvalue weighted by atomic mass is 16.4. The standard InChI is InChI=1S/C10H10N4O2/c11-14-12-5-1-2-7-3-4-8-9(6-7)16-10(15)13-8/h3-4,6H,1-2,5H2,(H,13,15). The van der Waals surface area contributed by atoms with Crippen molar-refractivity contribution in [3.8, 4) is 0 Å². The van der Waals surface area contributed by atoms with Gasteiger partial charge in [0, 0.05) is 11.5 Å². The number of azide groups is 1. The summed E-state index contributed by atoms with van der Waals surface area (Å²) in [5.41, 5.74) is 10.4. The fourth-order valence-electron chi connectivity index (χ4n) is 1.54. The third kappa shape index (κ3) is 2.24. The zero-order valence-electron chi connectivity index (χ0n) is 8.51. The summed E-state index contributed by atoms with van der Waals surface area (Å²) in [6, 6.07) is 5.55. The van der Waals surface area contributed by atoms with Crippen LogP contribution in [0, 0.1) is 0 Å². The second kappa shape index (κ2) is 4.55. The molecular weight excluding hydrogens is 208 g/mol. The van der Waals surface area contributed by atoms with Crippen LogP contribution in [0.4, 0.5) is 0 Å². The summed E-state index contributed by atoms with van der Waals surface area (Å²) >= 11 is 0. The lowest BCUT2D eigenvalue weighted by Gasteiger charge is -1.98. The predicted molar refractivity (Wildman–Crippen MR) is 59.2 cm³/mol. The first-order valence-electron chi connectivity index (χ1n) is 4.92. The second-order valence-electron chi connectivity index (χ2n) is 3.40. The molecule has 0 bridgehead atoms. The Labute approximate surface area is 90.5 Å². The Bertz CT molecular complexity index is 592. The first-order valence-corrected chi connectivity index (χ1v) is 4.92. The number of hydrogen-bond donors (Lipinski definition) is 1. The molecule has 2 aromatic rings. The molecule has 0 atom stereocenters. The van der Waals surface area contributed by atoms with Gasteiger partial charge in [-0.05, 0) is 36.1 Å². The molecule has 0 radical (unpaired) electrons. The molecule has 0 aliphatic carbocycles. The SMILES string of the molecule is [N-]=[N+]=NCCCc1ccc2[nH]c(=O)oc2c1. The van der Waals surface area contributed by atoms with Crippen molar-refractivity contribution in [2.24, 2.45) is 5.11 Å². The minimum atomic E-state index is -0.443. The van der Waals surface area contributed by atoms with Crippen molar-refractivity contribution >= 4 is 11.1 Å². The first kappa shape index (κ1) is 10.3. The molecule has 0 saturated carbocycles. The number of fused-ring (bicyclic) bond motifs is 1. The Hall–Kier alpha value is -2.20. The molecule has 1 aromatic carbocycles. The molecule has 0 saturated heterocycles. The summed E-state index contributed by atoms with van der Waals surface area (Å²) in [6.07, 6.45) is 1.58. The molecular formula is C10H10N4O2. The zero-order chi connectivity index (χ0) is 11.4. The van der Waals surface area contributed by atoms with E-state index >= 15 is 0 Å². The summed E-state index contributed by atoms with van der Waals surface area (Å²) < 4.78 is 4.94. The molecule has 6 nitrogen and oxygen atoms in total. The number of aromatic nitrogens is 1. The summed E-state index contributed by atoms with van der Waals surface area (Å²) in [5.74, 6) is -0.443. The van der Waals surface area contributed by atoms with Crippen molar-refractivity contribution in [3.05, 3.63) is 44.8 Å². The van der Waals surface area contributed by atoms with Crippen LogP contribution in [0.1, 0.15) is 12.0 Å². The number of aryl methyl sites for hydroxylation is 1. The van der Waals surface area contributed by atoms with Crippen LogP contribution in [-0.2, 0) is 6.42 Å². The molecule has 2 rings (SSSR count). The molecule has 0 fully saturated rings. The average Bonchev–Trinajstić information content (AvgIpc) is 2.64. The fraction of sp³-hybridized carbons (Fsp3) is 0.300. The molecule has 1 N–H and O–H groups in total.